The highest BCUT2D eigenvalue weighted by atomic mass is 16.5. The maximum absolute atomic E-state index is 11.3. The largest absolute Gasteiger partial charge is 0.375 e. The first-order valence-electron chi connectivity index (χ1n) is 7.12. The topological polar surface area (TPSA) is 26.3 Å². The van der Waals surface area contributed by atoms with Crippen LogP contribution in [0.1, 0.15) is 57.8 Å². The molecule has 94 valence electrons. The molecule has 1 unspecified atom stereocenters. The average molecular weight is 234 g/mol. The smallest absolute Gasteiger partial charge is 0.136 e. The van der Waals surface area contributed by atoms with Crippen LogP contribution in [0.5, 0.6) is 0 Å². The number of allylic oxidation sites excluding steroid dienone is 2. The van der Waals surface area contributed by atoms with Crippen molar-refractivity contribution >= 4 is 5.78 Å². The highest BCUT2D eigenvalue weighted by Crippen LogP contribution is 2.44. The van der Waals surface area contributed by atoms with Gasteiger partial charge in [0, 0.05) is 19.4 Å². The van der Waals surface area contributed by atoms with Gasteiger partial charge in [-0.05, 0) is 38.0 Å². The van der Waals surface area contributed by atoms with Crippen LogP contribution in [0.3, 0.4) is 0 Å². The summed E-state index contributed by atoms with van der Waals surface area (Å²) in [4.78, 5) is 11.3. The molecule has 1 saturated carbocycles. The van der Waals surface area contributed by atoms with Gasteiger partial charge in [-0.15, -0.1) is 0 Å². The lowest BCUT2D eigenvalue weighted by Gasteiger charge is -2.39. The van der Waals surface area contributed by atoms with Gasteiger partial charge in [0.15, 0.2) is 0 Å². The van der Waals surface area contributed by atoms with Crippen molar-refractivity contribution in [2.24, 2.45) is 5.92 Å². The Labute approximate surface area is 103 Å². The normalized spacial score (nSPS) is 32.8. The van der Waals surface area contributed by atoms with Crippen LogP contribution < -0.4 is 0 Å². The van der Waals surface area contributed by atoms with Crippen molar-refractivity contribution in [3.05, 3.63) is 11.6 Å². The van der Waals surface area contributed by atoms with Gasteiger partial charge in [0.25, 0.3) is 0 Å². The molecule has 3 rings (SSSR count). The van der Waals surface area contributed by atoms with Gasteiger partial charge in [-0.25, -0.2) is 0 Å². The second-order valence-electron chi connectivity index (χ2n) is 5.95. The van der Waals surface area contributed by atoms with Crippen LogP contribution in [-0.4, -0.2) is 18.0 Å². The maximum atomic E-state index is 11.3. The van der Waals surface area contributed by atoms with Crippen molar-refractivity contribution < 1.29 is 9.53 Å². The monoisotopic (exact) mass is 234 g/mol. The van der Waals surface area contributed by atoms with E-state index in [0.29, 0.717) is 18.1 Å². The van der Waals surface area contributed by atoms with Gasteiger partial charge in [0.05, 0.1) is 5.60 Å². The van der Waals surface area contributed by atoms with E-state index in [-0.39, 0.29) is 5.60 Å². The third kappa shape index (κ3) is 2.33. The Morgan fingerprint density at radius 1 is 1.24 bits per heavy atom. The maximum Gasteiger partial charge on any atom is 0.136 e. The van der Waals surface area contributed by atoms with Crippen molar-refractivity contribution in [3.63, 3.8) is 0 Å². The molecule has 1 spiro atoms. The van der Waals surface area contributed by atoms with E-state index in [1.54, 1.807) is 5.57 Å². The molecule has 0 bridgehead atoms. The van der Waals surface area contributed by atoms with Gasteiger partial charge in [0.1, 0.15) is 5.78 Å². The summed E-state index contributed by atoms with van der Waals surface area (Å²) in [5.41, 5.74) is 1.77. The van der Waals surface area contributed by atoms with Crippen LogP contribution >= 0.6 is 0 Å². The molecule has 0 aromatic rings. The average Bonchev–Trinajstić information content (AvgIpc) is 2.78. The fourth-order valence-corrected chi connectivity index (χ4v) is 3.82. The number of ketones is 1. The number of carbonyl (C=O) groups is 1. The van der Waals surface area contributed by atoms with Crippen LogP contribution in [-0.2, 0) is 9.53 Å². The van der Waals surface area contributed by atoms with Gasteiger partial charge >= 0.3 is 0 Å². The molecule has 17 heavy (non-hydrogen) atoms. The van der Waals surface area contributed by atoms with Gasteiger partial charge in [-0.2, -0.15) is 0 Å². The summed E-state index contributed by atoms with van der Waals surface area (Å²) in [7, 11) is 0. The number of hydrogen-bond acceptors (Lipinski definition) is 2. The molecule has 0 N–H and O–H groups in total. The molecule has 0 aromatic carbocycles. The molecular weight excluding hydrogens is 212 g/mol. The second-order valence-corrected chi connectivity index (χ2v) is 5.95. The van der Waals surface area contributed by atoms with E-state index in [1.165, 1.54) is 38.5 Å². The molecular formula is C15H22O2. The van der Waals surface area contributed by atoms with Gasteiger partial charge in [-0.1, -0.05) is 24.5 Å². The standard InChI is InChI=1S/C15H22O2/c16-14-5-3-12(4-6-14)13-7-10-17-15(11-13)8-1-2-9-15/h3,13H,1-2,4-11H2. The summed E-state index contributed by atoms with van der Waals surface area (Å²) in [6.45, 7) is 0.927. The van der Waals surface area contributed by atoms with Gasteiger partial charge < -0.3 is 4.74 Å². The minimum Gasteiger partial charge on any atom is -0.375 e. The molecule has 3 aliphatic rings. The van der Waals surface area contributed by atoms with Crippen molar-refractivity contribution in [3.8, 4) is 0 Å². The zero-order valence-electron chi connectivity index (χ0n) is 10.5. The number of Topliss-reactive ketones (excluding diaryl/α,β-unsaturated/α-hetero) is 1. The molecule has 2 heteroatoms. The first kappa shape index (κ1) is 11.5. The first-order valence-corrected chi connectivity index (χ1v) is 7.12. The predicted molar refractivity (Wildman–Crippen MR) is 66.8 cm³/mol. The lowest BCUT2D eigenvalue weighted by atomic mass is 9.77. The van der Waals surface area contributed by atoms with Crippen LogP contribution in [0.4, 0.5) is 0 Å². The molecule has 0 radical (unpaired) electrons. The predicted octanol–water partition coefficient (Wildman–Crippen LogP) is 3.41. The van der Waals surface area contributed by atoms with Crippen molar-refractivity contribution in [2.45, 2.75) is 63.4 Å². The number of carbonyl (C=O) groups excluding carboxylic acids is 1. The lowest BCUT2D eigenvalue weighted by molar-refractivity contribution is -0.118. The van der Waals surface area contributed by atoms with Crippen LogP contribution in [0, 0.1) is 5.92 Å². The fraction of sp³-hybridized carbons (Fsp3) is 0.800. The lowest BCUT2D eigenvalue weighted by Crippen LogP contribution is -2.38. The van der Waals surface area contributed by atoms with E-state index < -0.39 is 0 Å². The third-order valence-corrected chi connectivity index (χ3v) is 4.82. The number of rotatable bonds is 1. The van der Waals surface area contributed by atoms with E-state index in [1.807, 2.05) is 0 Å². The minimum atomic E-state index is 0.214. The molecule has 0 aromatic heterocycles. The molecule has 2 fully saturated rings. The Hall–Kier alpha value is -0.630. The van der Waals surface area contributed by atoms with Crippen molar-refractivity contribution in [1.82, 2.24) is 0 Å². The summed E-state index contributed by atoms with van der Waals surface area (Å²) in [5, 5.41) is 0. The van der Waals surface area contributed by atoms with Crippen molar-refractivity contribution in [1.29, 1.82) is 0 Å². The summed E-state index contributed by atoms with van der Waals surface area (Å²) in [5.74, 6) is 1.12. The second kappa shape index (κ2) is 4.56. The molecule has 0 amide bonds. The van der Waals surface area contributed by atoms with Gasteiger partial charge in [-0.3, -0.25) is 4.79 Å². The molecule has 1 heterocycles. The number of hydrogen-bond donors (Lipinski definition) is 0. The third-order valence-electron chi connectivity index (χ3n) is 4.82. The Kier molecular flexibility index (Phi) is 3.08. The Balaban J connectivity index is 1.69. The highest BCUT2D eigenvalue weighted by molar-refractivity contribution is 5.81. The zero-order valence-corrected chi connectivity index (χ0v) is 10.5. The summed E-state index contributed by atoms with van der Waals surface area (Å²) >= 11 is 0. The molecule has 2 aliphatic carbocycles. The van der Waals surface area contributed by atoms with Crippen molar-refractivity contribution in [2.75, 3.05) is 6.61 Å². The zero-order chi connectivity index (χ0) is 11.7. The summed E-state index contributed by atoms with van der Waals surface area (Å²) < 4.78 is 6.07. The quantitative estimate of drug-likeness (QED) is 0.650. The molecule has 1 saturated heterocycles. The SMILES string of the molecule is O=C1CC=C(C2CCOC3(CCCC3)C2)CC1. The van der Waals surface area contributed by atoms with Crippen LogP contribution in [0.25, 0.3) is 0 Å². The van der Waals surface area contributed by atoms with E-state index in [4.69, 9.17) is 4.74 Å². The van der Waals surface area contributed by atoms with E-state index in [9.17, 15) is 4.79 Å². The van der Waals surface area contributed by atoms with Gasteiger partial charge in [0.2, 0.25) is 0 Å². The van der Waals surface area contributed by atoms with Crippen LogP contribution in [0.15, 0.2) is 11.6 Å². The van der Waals surface area contributed by atoms with E-state index >= 15 is 0 Å². The molecule has 2 nitrogen and oxygen atoms in total. The summed E-state index contributed by atoms with van der Waals surface area (Å²) in [6, 6.07) is 0. The van der Waals surface area contributed by atoms with E-state index in [2.05, 4.69) is 6.08 Å². The minimum absolute atomic E-state index is 0.214. The first-order chi connectivity index (χ1) is 8.27. The number of ether oxygens (including phenoxy) is 1. The Morgan fingerprint density at radius 3 is 2.76 bits per heavy atom. The molecule has 1 aliphatic heterocycles. The fourth-order valence-electron chi connectivity index (χ4n) is 3.82. The Morgan fingerprint density at radius 2 is 2.06 bits per heavy atom. The Bertz CT molecular complexity index is 337. The van der Waals surface area contributed by atoms with Crippen LogP contribution in [0.2, 0.25) is 0 Å². The summed E-state index contributed by atoms with van der Waals surface area (Å²) in [6.07, 6.45) is 12.3. The molecule has 1 atom stereocenters. The van der Waals surface area contributed by atoms with E-state index in [0.717, 1.165) is 19.4 Å². The highest BCUT2D eigenvalue weighted by Gasteiger charge is 2.40.